The van der Waals surface area contributed by atoms with Crippen molar-refractivity contribution in [3.63, 3.8) is 0 Å². The Bertz CT molecular complexity index is 721. The fourth-order valence-corrected chi connectivity index (χ4v) is 3.06. The maximum Gasteiger partial charge on any atom is 0.203 e. The van der Waals surface area contributed by atoms with Crippen LogP contribution in [0.2, 0.25) is 0 Å². The van der Waals surface area contributed by atoms with Gasteiger partial charge in [0.25, 0.3) is 0 Å². The number of Topliss-reactive ketones (excluding diaryl/α,β-unsaturated/α-hetero) is 1. The van der Waals surface area contributed by atoms with Crippen LogP contribution in [0.4, 0.5) is 0 Å². The lowest BCUT2D eigenvalue weighted by Crippen LogP contribution is -2.30. The van der Waals surface area contributed by atoms with Gasteiger partial charge in [-0.05, 0) is 39.7 Å². The van der Waals surface area contributed by atoms with E-state index in [-0.39, 0.29) is 16.6 Å². The van der Waals surface area contributed by atoms with Gasteiger partial charge < -0.3 is 4.74 Å². The normalized spacial score (nSPS) is 21.0. The second kappa shape index (κ2) is 5.09. The standard InChI is InChI=1S/C21H26O2/c1-20(2,3)15-7-8-17-13(10-15)9-14-11-16(21(4,5)6)12-18(23-17)19(14)22/h7-8,10-12,18H,9H2,1-6H3. The Hall–Kier alpha value is -1.83. The highest BCUT2D eigenvalue weighted by Crippen LogP contribution is 2.38. The second-order valence-electron chi connectivity index (χ2n) is 8.69. The third-order valence-electron chi connectivity index (χ3n) is 4.66. The Kier molecular flexibility index (Phi) is 3.55. The maximum atomic E-state index is 12.6. The Morgan fingerprint density at radius 3 is 2.35 bits per heavy atom. The molecule has 2 aliphatic rings. The van der Waals surface area contributed by atoms with Crippen LogP contribution >= 0.6 is 0 Å². The van der Waals surface area contributed by atoms with Gasteiger partial charge >= 0.3 is 0 Å². The van der Waals surface area contributed by atoms with Gasteiger partial charge in [0.05, 0.1) is 0 Å². The van der Waals surface area contributed by atoms with Gasteiger partial charge in [-0.1, -0.05) is 59.8 Å². The highest BCUT2D eigenvalue weighted by molar-refractivity contribution is 6.03. The summed E-state index contributed by atoms with van der Waals surface area (Å²) in [4.78, 5) is 12.6. The molecule has 0 saturated heterocycles. The van der Waals surface area contributed by atoms with Gasteiger partial charge in [-0.3, -0.25) is 4.79 Å². The molecular weight excluding hydrogens is 284 g/mol. The fourth-order valence-electron chi connectivity index (χ4n) is 3.06. The van der Waals surface area contributed by atoms with Crippen LogP contribution in [0.25, 0.3) is 0 Å². The summed E-state index contributed by atoms with van der Waals surface area (Å²) in [6.45, 7) is 13.1. The first-order chi connectivity index (χ1) is 10.6. The van der Waals surface area contributed by atoms with E-state index in [1.807, 2.05) is 12.1 Å². The molecule has 1 aromatic rings. The van der Waals surface area contributed by atoms with E-state index in [1.54, 1.807) is 0 Å². The van der Waals surface area contributed by atoms with Crippen LogP contribution in [0.1, 0.15) is 52.7 Å². The summed E-state index contributed by atoms with van der Waals surface area (Å²) >= 11 is 0. The van der Waals surface area contributed by atoms with Gasteiger partial charge in [-0.2, -0.15) is 0 Å². The second-order valence-corrected chi connectivity index (χ2v) is 8.69. The number of rotatable bonds is 0. The lowest BCUT2D eigenvalue weighted by molar-refractivity contribution is -0.120. The Morgan fingerprint density at radius 2 is 1.74 bits per heavy atom. The molecule has 1 atom stereocenters. The van der Waals surface area contributed by atoms with Gasteiger partial charge in [0.15, 0.2) is 6.10 Å². The summed E-state index contributed by atoms with van der Waals surface area (Å²) < 4.78 is 6.07. The van der Waals surface area contributed by atoms with Crippen molar-refractivity contribution < 1.29 is 9.53 Å². The number of ether oxygens (including phenoxy) is 1. The number of carbonyl (C=O) groups excluding carboxylic acids is 1. The molecule has 1 aliphatic heterocycles. The minimum Gasteiger partial charge on any atom is -0.478 e. The van der Waals surface area contributed by atoms with Crippen LogP contribution in [0.5, 0.6) is 5.75 Å². The van der Waals surface area contributed by atoms with E-state index in [0.29, 0.717) is 6.42 Å². The van der Waals surface area contributed by atoms with Gasteiger partial charge in [0.2, 0.25) is 5.78 Å². The molecule has 0 saturated carbocycles. The summed E-state index contributed by atoms with van der Waals surface area (Å²) in [6.07, 6.45) is 4.23. The van der Waals surface area contributed by atoms with E-state index in [1.165, 1.54) is 11.1 Å². The van der Waals surface area contributed by atoms with Crippen molar-refractivity contribution in [3.8, 4) is 5.75 Å². The minimum absolute atomic E-state index is 0.0145. The zero-order valence-electron chi connectivity index (χ0n) is 15.0. The van der Waals surface area contributed by atoms with E-state index in [4.69, 9.17) is 4.74 Å². The van der Waals surface area contributed by atoms with Crippen molar-refractivity contribution in [1.82, 2.24) is 0 Å². The van der Waals surface area contributed by atoms with Crippen LogP contribution in [-0.2, 0) is 16.6 Å². The average Bonchev–Trinajstić information content (AvgIpc) is 2.50. The van der Waals surface area contributed by atoms with Gasteiger partial charge in [0.1, 0.15) is 5.75 Å². The smallest absolute Gasteiger partial charge is 0.203 e. The molecule has 1 aromatic carbocycles. The largest absolute Gasteiger partial charge is 0.478 e. The number of fused-ring (bicyclic) bond motifs is 3. The van der Waals surface area contributed by atoms with Crippen LogP contribution in [-0.4, -0.2) is 11.9 Å². The van der Waals surface area contributed by atoms with Gasteiger partial charge in [-0.15, -0.1) is 0 Å². The molecule has 0 radical (unpaired) electrons. The Balaban J connectivity index is 2.06. The van der Waals surface area contributed by atoms with Crippen LogP contribution in [0, 0.1) is 5.41 Å². The highest BCUT2D eigenvalue weighted by Gasteiger charge is 2.33. The van der Waals surface area contributed by atoms with Crippen molar-refractivity contribution >= 4 is 5.78 Å². The third-order valence-corrected chi connectivity index (χ3v) is 4.66. The predicted octanol–water partition coefficient (Wildman–Crippen LogP) is 4.77. The average molecular weight is 310 g/mol. The Morgan fingerprint density at radius 1 is 1.04 bits per heavy atom. The monoisotopic (exact) mass is 310 g/mol. The third kappa shape index (κ3) is 2.99. The van der Waals surface area contributed by atoms with Crippen molar-refractivity contribution in [2.75, 3.05) is 0 Å². The zero-order valence-corrected chi connectivity index (χ0v) is 15.0. The fraction of sp³-hybridized carbons (Fsp3) is 0.476. The maximum absolute atomic E-state index is 12.6. The number of carbonyl (C=O) groups is 1. The molecule has 0 amide bonds. The summed E-state index contributed by atoms with van der Waals surface area (Å²) in [6, 6.07) is 6.33. The minimum atomic E-state index is -0.481. The first-order valence-electron chi connectivity index (χ1n) is 8.33. The molecule has 0 fully saturated rings. The van der Waals surface area contributed by atoms with Crippen molar-refractivity contribution in [1.29, 1.82) is 0 Å². The SMILES string of the molecule is CC(C)(C)C1=CC2Oc3ccc(C(C)(C)C)cc3CC(=C1)C2=O. The molecular formula is C21H26O2. The molecule has 2 nitrogen and oxygen atoms in total. The number of allylic oxidation sites excluding steroid dienone is 2. The molecule has 2 heteroatoms. The lowest BCUT2D eigenvalue weighted by atomic mass is 9.79. The van der Waals surface area contributed by atoms with Crippen molar-refractivity contribution in [2.24, 2.45) is 5.41 Å². The molecule has 1 aliphatic carbocycles. The summed E-state index contributed by atoms with van der Waals surface area (Å²) in [5, 5.41) is 0. The zero-order chi connectivity index (χ0) is 17.0. The van der Waals surface area contributed by atoms with Gasteiger partial charge in [0, 0.05) is 12.0 Å². The number of benzene rings is 1. The molecule has 2 bridgehead atoms. The lowest BCUT2D eigenvalue weighted by Gasteiger charge is -2.26. The van der Waals surface area contributed by atoms with Crippen LogP contribution in [0.3, 0.4) is 0 Å². The molecule has 1 unspecified atom stereocenters. The molecule has 0 N–H and O–H groups in total. The molecule has 1 heterocycles. The van der Waals surface area contributed by atoms with Crippen molar-refractivity contribution in [3.05, 3.63) is 52.6 Å². The van der Waals surface area contributed by atoms with E-state index >= 15 is 0 Å². The summed E-state index contributed by atoms with van der Waals surface area (Å²) in [5.41, 5.74) is 4.54. The molecule has 0 aromatic heterocycles. The first kappa shape index (κ1) is 16.0. The highest BCUT2D eigenvalue weighted by atomic mass is 16.5. The number of hydrogen-bond donors (Lipinski definition) is 0. The Labute approximate surface area is 139 Å². The van der Waals surface area contributed by atoms with Gasteiger partial charge in [-0.25, -0.2) is 0 Å². The van der Waals surface area contributed by atoms with E-state index in [2.05, 4.69) is 59.8 Å². The number of ketones is 1. The quantitative estimate of drug-likeness (QED) is 0.690. The van der Waals surface area contributed by atoms with Crippen LogP contribution in [0.15, 0.2) is 41.5 Å². The predicted molar refractivity (Wildman–Crippen MR) is 93.9 cm³/mol. The molecule has 122 valence electrons. The topological polar surface area (TPSA) is 26.3 Å². The first-order valence-corrected chi connectivity index (χ1v) is 8.33. The van der Waals surface area contributed by atoms with Crippen LogP contribution < -0.4 is 4.74 Å². The summed E-state index contributed by atoms with van der Waals surface area (Å²) in [5.74, 6) is 0.942. The molecule has 3 rings (SSSR count). The summed E-state index contributed by atoms with van der Waals surface area (Å²) in [7, 11) is 0. The molecule has 23 heavy (non-hydrogen) atoms. The van der Waals surface area contributed by atoms with Crippen molar-refractivity contribution in [2.45, 2.75) is 59.5 Å². The van der Waals surface area contributed by atoms with E-state index in [9.17, 15) is 4.79 Å². The molecule has 0 spiro atoms. The number of hydrogen-bond acceptors (Lipinski definition) is 2. The van der Waals surface area contributed by atoms with E-state index in [0.717, 1.165) is 16.9 Å². The van der Waals surface area contributed by atoms with E-state index < -0.39 is 6.10 Å².